The number of amides is 1. The Bertz CT molecular complexity index is 305. The van der Waals surface area contributed by atoms with Crippen LogP contribution in [0.15, 0.2) is 0 Å². The Hall–Kier alpha value is -0.610. The van der Waals surface area contributed by atoms with Gasteiger partial charge in [-0.3, -0.25) is 9.69 Å². The summed E-state index contributed by atoms with van der Waals surface area (Å²) in [6.45, 7) is 8.69. The van der Waals surface area contributed by atoms with Crippen LogP contribution < -0.4 is 5.73 Å². The summed E-state index contributed by atoms with van der Waals surface area (Å²) in [5.74, 6) is 0.840. The Morgan fingerprint density at radius 3 is 2.25 bits per heavy atom. The van der Waals surface area contributed by atoms with Crippen LogP contribution in [0.4, 0.5) is 0 Å². The van der Waals surface area contributed by atoms with Crippen LogP contribution in [0.3, 0.4) is 0 Å². The molecule has 1 aliphatic carbocycles. The molecule has 1 aliphatic heterocycles. The van der Waals surface area contributed by atoms with Crippen molar-refractivity contribution in [2.24, 2.45) is 17.6 Å². The Kier molecular flexibility index (Phi) is 5.85. The van der Waals surface area contributed by atoms with Gasteiger partial charge < -0.3 is 10.6 Å². The lowest BCUT2D eigenvalue weighted by Crippen LogP contribution is -2.53. The minimum atomic E-state index is 0.0213. The topological polar surface area (TPSA) is 49.6 Å². The average molecular weight is 281 g/mol. The maximum Gasteiger partial charge on any atom is 0.227 e. The van der Waals surface area contributed by atoms with E-state index in [-0.39, 0.29) is 11.8 Å². The zero-order valence-electron chi connectivity index (χ0n) is 13.2. The predicted molar refractivity (Wildman–Crippen MR) is 82.4 cm³/mol. The van der Waals surface area contributed by atoms with E-state index in [0.717, 1.165) is 38.6 Å². The number of nitrogens with zero attached hydrogens (tertiary/aromatic N) is 2. The second-order valence-electron chi connectivity index (χ2n) is 6.86. The highest BCUT2D eigenvalue weighted by Crippen LogP contribution is 2.24. The number of piperazine rings is 1. The van der Waals surface area contributed by atoms with E-state index >= 15 is 0 Å². The van der Waals surface area contributed by atoms with Crippen LogP contribution in [0.25, 0.3) is 0 Å². The van der Waals surface area contributed by atoms with Crippen molar-refractivity contribution in [3.63, 3.8) is 0 Å². The molecule has 1 heterocycles. The van der Waals surface area contributed by atoms with Crippen molar-refractivity contribution in [1.29, 1.82) is 0 Å². The fourth-order valence-electron chi connectivity index (χ4n) is 3.70. The van der Waals surface area contributed by atoms with Crippen LogP contribution in [0, 0.1) is 11.8 Å². The van der Waals surface area contributed by atoms with Crippen LogP contribution in [0.1, 0.15) is 46.0 Å². The summed E-state index contributed by atoms with van der Waals surface area (Å²) in [6, 6.07) is 0.785. The first-order valence-corrected chi connectivity index (χ1v) is 8.34. The largest absolute Gasteiger partial charge is 0.340 e. The lowest BCUT2D eigenvalue weighted by Gasteiger charge is -2.39. The number of carbonyl (C=O) groups excluding carboxylic acids is 1. The molecule has 2 aliphatic rings. The number of nitrogens with two attached hydrogens (primary N) is 1. The number of hydrogen-bond donors (Lipinski definition) is 1. The fourth-order valence-corrected chi connectivity index (χ4v) is 3.70. The van der Waals surface area contributed by atoms with Crippen molar-refractivity contribution in [2.45, 2.75) is 52.0 Å². The van der Waals surface area contributed by atoms with Gasteiger partial charge in [-0.1, -0.05) is 26.7 Å². The molecule has 0 aromatic rings. The van der Waals surface area contributed by atoms with Gasteiger partial charge in [-0.2, -0.15) is 0 Å². The van der Waals surface area contributed by atoms with Crippen LogP contribution >= 0.6 is 0 Å². The Balaban J connectivity index is 1.81. The predicted octanol–water partition coefficient (Wildman–Crippen LogP) is 1.69. The molecule has 0 aromatic heterocycles. The van der Waals surface area contributed by atoms with Gasteiger partial charge in [0, 0.05) is 38.8 Å². The van der Waals surface area contributed by atoms with Gasteiger partial charge in [0.1, 0.15) is 0 Å². The highest BCUT2D eigenvalue weighted by atomic mass is 16.2. The highest BCUT2D eigenvalue weighted by molar-refractivity contribution is 5.79. The molecule has 1 atom stereocenters. The van der Waals surface area contributed by atoms with Crippen molar-refractivity contribution in [2.75, 3.05) is 32.7 Å². The molecule has 0 bridgehead atoms. The van der Waals surface area contributed by atoms with E-state index in [0.29, 0.717) is 12.5 Å². The molecule has 1 saturated heterocycles. The minimum absolute atomic E-state index is 0.0213. The fraction of sp³-hybridized carbons (Fsp3) is 0.938. The molecule has 20 heavy (non-hydrogen) atoms. The van der Waals surface area contributed by atoms with Gasteiger partial charge >= 0.3 is 0 Å². The van der Waals surface area contributed by atoms with Gasteiger partial charge in [-0.05, 0) is 25.2 Å². The molecule has 1 amide bonds. The smallest absolute Gasteiger partial charge is 0.227 e. The van der Waals surface area contributed by atoms with Crippen molar-refractivity contribution < 1.29 is 4.79 Å². The van der Waals surface area contributed by atoms with E-state index in [4.69, 9.17) is 5.73 Å². The Morgan fingerprint density at radius 2 is 1.75 bits per heavy atom. The maximum absolute atomic E-state index is 12.5. The second kappa shape index (κ2) is 7.41. The molecule has 2 fully saturated rings. The molecule has 116 valence electrons. The minimum Gasteiger partial charge on any atom is -0.340 e. The maximum atomic E-state index is 12.5. The van der Waals surface area contributed by atoms with Crippen LogP contribution in [0.5, 0.6) is 0 Å². The normalized spacial score (nSPS) is 23.5. The van der Waals surface area contributed by atoms with E-state index in [1.807, 2.05) is 4.90 Å². The molecule has 4 nitrogen and oxygen atoms in total. The highest BCUT2D eigenvalue weighted by Gasteiger charge is 2.30. The Morgan fingerprint density at radius 1 is 1.15 bits per heavy atom. The van der Waals surface area contributed by atoms with Crippen LogP contribution in [-0.4, -0.2) is 54.5 Å². The summed E-state index contributed by atoms with van der Waals surface area (Å²) >= 11 is 0. The van der Waals surface area contributed by atoms with Gasteiger partial charge in [0.25, 0.3) is 0 Å². The van der Waals surface area contributed by atoms with Crippen LogP contribution in [-0.2, 0) is 4.79 Å². The number of hydrogen-bond acceptors (Lipinski definition) is 3. The molecule has 4 heteroatoms. The molecule has 0 aromatic carbocycles. The molecule has 2 N–H and O–H groups in total. The second-order valence-corrected chi connectivity index (χ2v) is 6.86. The monoisotopic (exact) mass is 281 g/mol. The van der Waals surface area contributed by atoms with Crippen molar-refractivity contribution in [3.05, 3.63) is 0 Å². The molecular weight excluding hydrogens is 250 g/mol. The van der Waals surface area contributed by atoms with Gasteiger partial charge in [0.15, 0.2) is 0 Å². The number of carbonyl (C=O) groups is 1. The lowest BCUT2D eigenvalue weighted by atomic mass is 9.95. The quantitative estimate of drug-likeness (QED) is 0.834. The summed E-state index contributed by atoms with van der Waals surface area (Å²) in [4.78, 5) is 17.2. The standard InChI is InChI=1S/C16H31N3O/c1-13(2)11-14(12-17)16(20)19-9-7-18(8-10-19)15-5-3-4-6-15/h13-15H,3-12,17H2,1-2H3. The van der Waals surface area contributed by atoms with Crippen molar-refractivity contribution >= 4 is 5.91 Å². The van der Waals surface area contributed by atoms with E-state index in [2.05, 4.69) is 18.7 Å². The molecule has 0 radical (unpaired) electrons. The number of rotatable bonds is 5. The SMILES string of the molecule is CC(C)CC(CN)C(=O)N1CCN(C2CCCC2)CC1. The van der Waals surface area contributed by atoms with Crippen LogP contribution in [0.2, 0.25) is 0 Å². The Labute approximate surface area is 123 Å². The van der Waals surface area contributed by atoms with E-state index in [1.54, 1.807) is 0 Å². The van der Waals surface area contributed by atoms with Gasteiger partial charge in [0.2, 0.25) is 5.91 Å². The van der Waals surface area contributed by atoms with Gasteiger partial charge in [-0.15, -0.1) is 0 Å². The van der Waals surface area contributed by atoms with E-state index < -0.39 is 0 Å². The van der Waals surface area contributed by atoms with E-state index in [9.17, 15) is 4.79 Å². The molecule has 0 spiro atoms. The first kappa shape index (κ1) is 15.8. The third-order valence-corrected chi connectivity index (χ3v) is 4.86. The van der Waals surface area contributed by atoms with Gasteiger partial charge in [-0.25, -0.2) is 0 Å². The molecule has 2 rings (SSSR count). The van der Waals surface area contributed by atoms with Gasteiger partial charge in [0.05, 0.1) is 5.92 Å². The lowest BCUT2D eigenvalue weighted by molar-refractivity contribution is -0.137. The first-order chi connectivity index (χ1) is 9.61. The molecule has 1 saturated carbocycles. The summed E-state index contributed by atoms with van der Waals surface area (Å²) in [6.07, 6.45) is 6.39. The summed E-state index contributed by atoms with van der Waals surface area (Å²) in [7, 11) is 0. The summed E-state index contributed by atoms with van der Waals surface area (Å²) in [5, 5.41) is 0. The first-order valence-electron chi connectivity index (χ1n) is 8.34. The summed E-state index contributed by atoms with van der Waals surface area (Å²) < 4.78 is 0. The third kappa shape index (κ3) is 3.95. The third-order valence-electron chi connectivity index (χ3n) is 4.86. The molecular formula is C16H31N3O. The van der Waals surface area contributed by atoms with Crippen molar-refractivity contribution in [1.82, 2.24) is 9.80 Å². The zero-order valence-corrected chi connectivity index (χ0v) is 13.2. The average Bonchev–Trinajstić information content (AvgIpc) is 2.98. The van der Waals surface area contributed by atoms with Crippen molar-refractivity contribution in [3.8, 4) is 0 Å². The summed E-state index contributed by atoms with van der Waals surface area (Å²) in [5.41, 5.74) is 5.80. The molecule has 1 unspecified atom stereocenters. The van der Waals surface area contributed by atoms with E-state index in [1.165, 1.54) is 25.7 Å². The zero-order chi connectivity index (χ0) is 14.5.